The van der Waals surface area contributed by atoms with Crippen molar-refractivity contribution in [1.82, 2.24) is 14.6 Å². The van der Waals surface area contributed by atoms with E-state index < -0.39 is 10.0 Å². The molecular weight excluding hydrogens is 382 g/mol. The Balaban J connectivity index is 2.01. The maximum Gasteiger partial charge on any atom is 0.252 e. The van der Waals surface area contributed by atoms with Crippen LogP contribution < -0.4 is 20.9 Å². The quantitative estimate of drug-likeness (QED) is 0.357. The van der Waals surface area contributed by atoms with Crippen LogP contribution in [0.25, 0.3) is 0 Å². The first-order valence-electron chi connectivity index (χ1n) is 9.28. The van der Waals surface area contributed by atoms with Crippen LogP contribution in [0.2, 0.25) is 0 Å². The molecule has 1 aliphatic carbocycles. The maximum atomic E-state index is 12.2. The highest BCUT2D eigenvalue weighted by molar-refractivity contribution is 7.88. The van der Waals surface area contributed by atoms with Gasteiger partial charge in [0.15, 0.2) is 0 Å². The van der Waals surface area contributed by atoms with E-state index in [-0.39, 0.29) is 24.2 Å². The lowest BCUT2D eigenvalue weighted by molar-refractivity contribution is 0.279. The number of rotatable bonds is 10. The van der Waals surface area contributed by atoms with Gasteiger partial charge in [0.2, 0.25) is 10.0 Å². The number of aliphatic hydroxyl groups excluding tert-OH is 1. The summed E-state index contributed by atoms with van der Waals surface area (Å²) in [6.07, 6.45) is 5.79. The van der Waals surface area contributed by atoms with E-state index in [1.165, 1.54) is 16.9 Å². The van der Waals surface area contributed by atoms with Crippen molar-refractivity contribution in [2.24, 2.45) is 0 Å². The molecular formula is C18H29N5O4S. The van der Waals surface area contributed by atoms with Crippen molar-refractivity contribution < 1.29 is 13.5 Å². The number of aliphatic hydroxyl groups is 1. The summed E-state index contributed by atoms with van der Waals surface area (Å²) in [5, 5.41) is 23.0. The molecule has 0 aromatic carbocycles. The molecule has 1 fully saturated rings. The van der Waals surface area contributed by atoms with E-state index in [0.717, 1.165) is 31.9 Å². The van der Waals surface area contributed by atoms with E-state index in [1.807, 2.05) is 0 Å². The van der Waals surface area contributed by atoms with E-state index in [9.17, 15) is 13.2 Å². The number of pyridine rings is 1. The van der Waals surface area contributed by atoms with E-state index in [2.05, 4.69) is 21.9 Å². The van der Waals surface area contributed by atoms with Crippen molar-refractivity contribution in [3.63, 3.8) is 0 Å². The Hall–Kier alpha value is -2.17. The average Bonchev–Trinajstić information content (AvgIpc) is 2.62. The minimum Gasteiger partial charge on any atom is -0.396 e. The molecule has 0 spiro atoms. The third-order valence-corrected chi connectivity index (χ3v) is 5.43. The predicted octanol–water partition coefficient (Wildman–Crippen LogP) is 0.561. The molecule has 1 saturated carbocycles. The molecule has 0 saturated heterocycles. The first kappa shape index (κ1) is 22.1. The van der Waals surface area contributed by atoms with Gasteiger partial charge in [-0.25, -0.2) is 13.1 Å². The fraction of sp³-hybridized carbons (Fsp3) is 0.556. The van der Waals surface area contributed by atoms with Gasteiger partial charge in [0.1, 0.15) is 5.82 Å². The number of hydrogen-bond acceptors (Lipinski definition) is 7. The Labute approximate surface area is 165 Å². The smallest absolute Gasteiger partial charge is 0.252 e. The topological polar surface area (TPSA) is 136 Å². The first-order chi connectivity index (χ1) is 13.2. The lowest BCUT2D eigenvalue weighted by Crippen LogP contribution is -2.42. The van der Waals surface area contributed by atoms with Crippen LogP contribution in [0.15, 0.2) is 29.3 Å². The van der Waals surface area contributed by atoms with E-state index in [0.29, 0.717) is 30.2 Å². The minimum atomic E-state index is -3.20. The second-order valence-corrected chi connectivity index (χ2v) is 8.82. The summed E-state index contributed by atoms with van der Waals surface area (Å²) >= 11 is 0. The summed E-state index contributed by atoms with van der Waals surface area (Å²) in [6.45, 7) is 4.27. The van der Waals surface area contributed by atoms with Crippen LogP contribution in [0.5, 0.6) is 0 Å². The normalized spacial score (nSPS) is 19.8. The Morgan fingerprint density at radius 1 is 1.32 bits per heavy atom. The van der Waals surface area contributed by atoms with Gasteiger partial charge >= 0.3 is 0 Å². The zero-order valence-corrected chi connectivity index (χ0v) is 16.9. The fourth-order valence-electron chi connectivity index (χ4n) is 3.39. The van der Waals surface area contributed by atoms with Crippen molar-refractivity contribution in [2.75, 3.05) is 18.2 Å². The molecule has 9 nitrogen and oxygen atoms in total. The van der Waals surface area contributed by atoms with Crippen LogP contribution in [-0.4, -0.2) is 49.3 Å². The summed E-state index contributed by atoms with van der Waals surface area (Å²) < 4.78 is 26.8. The third kappa shape index (κ3) is 6.47. The van der Waals surface area contributed by atoms with Crippen LogP contribution in [0.1, 0.15) is 37.7 Å². The van der Waals surface area contributed by atoms with Crippen LogP contribution in [0.3, 0.4) is 0 Å². The van der Waals surface area contributed by atoms with Gasteiger partial charge in [-0.1, -0.05) is 6.58 Å². The summed E-state index contributed by atoms with van der Waals surface area (Å²) in [4.78, 5) is 12.2. The molecule has 0 bridgehead atoms. The summed E-state index contributed by atoms with van der Waals surface area (Å²) in [5.74, 6) is 0.965. The molecule has 0 amide bonds. The Morgan fingerprint density at radius 3 is 2.54 bits per heavy atom. The molecule has 1 heterocycles. The number of anilines is 1. The molecule has 0 aliphatic heterocycles. The highest BCUT2D eigenvalue weighted by Crippen LogP contribution is 2.21. The van der Waals surface area contributed by atoms with Gasteiger partial charge in [-0.15, -0.1) is 0 Å². The second kappa shape index (κ2) is 9.85. The zero-order chi connectivity index (χ0) is 20.7. The highest BCUT2D eigenvalue weighted by Gasteiger charge is 2.23. The number of aromatic nitrogens is 1. The van der Waals surface area contributed by atoms with E-state index in [1.54, 1.807) is 6.07 Å². The van der Waals surface area contributed by atoms with E-state index in [4.69, 9.17) is 10.5 Å². The second-order valence-electron chi connectivity index (χ2n) is 7.04. The zero-order valence-electron chi connectivity index (χ0n) is 16.1. The number of sulfonamides is 1. The van der Waals surface area contributed by atoms with Crippen molar-refractivity contribution in [3.8, 4) is 0 Å². The van der Waals surface area contributed by atoms with E-state index >= 15 is 0 Å². The number of nitrogens with zero attached hydrogens (tertiary/aromatic N) is 1. The SMILES string of the molecule is C=C(Nc1c(C=N)ccc(=O)n1CCCO)NC1CCC(NS(C)(=O)=O)CC1. The molecule has 28 heavy (non-hydrogen) atoms. The molecule has 1 aromatic rings. The molecule has 10 heteroatoms. The monoisotopic (exact) mass is 411 g/mol. The largest absolute Gasteiger partial charge is 0.396 e. The summed E-state index contributed by atoms with van der Waals surface area (Å²) in [5.41, 5.74) is 0.322. The van der Waals surface area contributed by atoms with Crippen LogP contribution >= 0.6 is 0 Å². The van der Waals surface area contributed by atoms with Crippen LogP contribution in [0.4, 0.5) is 5.82 Å². The first-order valence-corrected chi connectivity index (χ1v) is 11.2. The Morgan fingerprint density at radius 2 is 1.96 bits per heavy atom. The molecule has 0 radical (unpaired) electrons. The van der Waals surface area contributed by atoms with Crippen molar-refractivity contribution in [2.45, 2.75) is 50.7 Å². The van der Waals surface area contributed by atoms with Crippen molar-refractivity contribution in [1.29, 1.82) is 5.41 Å². The molecule has 5 N–H and O–H groups in total. The average molecular weight is 412 g/mol. The number of hydrogen-bond donors (Lipinski definition) is 5. The van der Waals surface area contributed by atoms with Crippen molar-refractivity contribution in [3.05, 3.63) is 40.4 Å². The molecule has 0 atom stereocenters. The lowest BCUT2D eigenvalue weighted by atomic mass is 9.92. The van der Waals surface area contributed by atoms with Crippen molar-refractivity contribution >= 4 is 22.1 Å². The minimum absolute atomic E-state index is 0.0371. The molecule has 1 aliphatic rings. The maximum absolute atomic E-state index is 12.2. The molecule has 0 unspecified atom stereocenters. The van der Waals surface area contributed by atoms with Gasteiger partial charge in [-0.05, 0) is 38.2 Å². The van der Waals surface area contributed by atoms with Gasteiger partial charge in [-0.2, -0.15) is 0 Å². The Bertz CT molecular complexity index is 857. The Kier molecular flexibility index (Phi) is 7.78. The molecule has 1 aromatic heterocycles. The molecule has 156 valence electrons. The standard InChI is InChI=1S/C18H29N5O4S/c1-13(20-15-5-7-16(8-6-15)22-28(2,26)27)21-18-14(12-19)4-9-17(25)23(18)10-3-11-24/h4,9,12,15-16,19-22,24H,1,3,5-8,10-11H2,2H3. The predicted molar refractivity (Wildman–Crippen MR) is 110 cm³/mol. The van der Waals surface area contributed by atoms with Gasteiger partial charge in [0.05, 0.1) is 12.1 Å². The van der Waals surface area contributed by atoms with Gasteiger partial charge in [-0.3, -0.25) is 9.36 Å². The third-order valence-electron chi connectivity index (χ3n) is 4.67. The number of nitrogens with one attached hydrogen (secondary N) is 4. The van der Waals surface area contributed by atoms with Gasteiger partial charge < -0.3 is 21.1 Å². The van der Waals surface area contributed by atoms with Gasteiger partial charge in [0.25, 0.3) is 5.56 Å². The summed E-state index contributed by atoms with van der Waals surface area (Å²) in [7, 11) is -3.20. The fourth-order valence-corrected chi connectivity index (χ4v) is 4.23. The van der Waals surface area contributed by atoms with Crippen LogP contribution in [0, 0.1) is 5.41 Å². The highest BCUT2D eigenvalue weighted by atomic mass is 32.2. The molecule has 2 rings (SSSR count). The van der Waals surface area contributed by atoms with Crippen LogP contribution in [-0.2, 0) is 16.6 Å². The summed E-state index contributed by atoms with van der Waals surface area (Å²) in [6, 6.07) is 3.07. The lowest BCUT2D eigenvalue weighted by Gasteiger charge is -2.30. The van der Waals surface area contributed by atoms with Gasteiger partial charge in [0, 0.05) is 43.1 Å².